The van der Waals surface area contributed by atoms with Crippen LogP contribution in [0.15, 0.2) is 42.5 Å². The Hall–Kier alpha value is -2.03. The van der Waals surface area contributed by atoms with E-state index in [-0.39, 0.29) is 17.7 Å². The van der Waals surface area contributed by atoms with Gasteiger partial charge in [-0.1, -0.05) is 24.6 Å². The second kappa shape index (κ2) is 4.48. The van der Waals surface area contributed by atoms with E-state index in [1.165, 1.54) is 6.07 Å². The summed E-state index contributed by atoms with van der Waals surface area (Å²) >= 11 is 0. The van der Waals surface area contributed by atoms with Gasteiger partial charge in [-0.3, -0.25) is 0 Å². The quantitative estimate of drug-likeness (QED) is 0.852. The first-order valence-electron chi connectivity index (χ1n) is 7.47. The Balaban J connectivity index is 1.96. The molecule has 3 heteroatoms. The molecular weight excluding hydrogens is 267 g/mol. The van der Waals surface area contributed by atoms with Gasteiger partial charge in [-0.15, -0.1) is 0 Å². The molecule has 0 amide bonds. The summed E-state index contributed by atoms with van der Waals surface area (Å²) in [5.74, 6) is 0.718. The lowest BCUT2D eigenvalue weighted by Gasteiger charge is -2.38. The Bertz CT molecular complexity index is 680. The van der Waals surface area contributed by atoms with E-state index >= 15 is 0 Å². The van der Waals surface area contributed by atoms with Gasteiger partial charge in [0.15, 0.2) is 0 Å². The average molecular weight is 284 g/mol. The molecule has 1 fully saturated rings. The maximum absolute atomic E-state index is 14.5. The highest BCUT2D eigenvalue weighted by Gasteiger charge is 2.52. The van der Waals surface area contributed by atoms with Crippen LogP contribution in [0.25, 0.3) is 0 Å². The van der Waals surface area contributed by atoms with Crippen molar-refractivity contribution in [2.75, 3.05) is 0 Å². The van der Waals surface area contributed by atoms with E-state index in [1.807, 2.05) is 18.2 Å². The van der Waals surface area contributed by atoms with Crippen molar-refractivity contribution in [3.8, 4) is 11.5 Å². The molecule has 0 aromatic heterocycles. The van der Waals surface area contributed by atoms with Crippen molar-refractivity contribution in [2.24, 2.45) is 0 Å². The fourth-order valence-corrected chi connectivity index (χ4v) is 4.01. The van der Waals surface area contributed by atoms with E-state index in [4.69, 9.17) is 4.74 Å². The smallest absolute Gasteiger partial charge is 0.131 e. The van der Waals surface area contributed by atoms with Gasteiger partial charge in [0, 0.05) is 5.56 Å². The molecule has 0 radical (unpaired) electrons. The van der Waals surface area contributed by atoms with Gasteiger partial charge in [-0.2, -0.15) is 0 Å². The third kappa shape index (κ3) is 1.70. The molecular formula is C18H17FO2. The normalized spacial score (nSPS) is 26.8. The zero-order valence-electron chi connectivity index (χ0n) is 11.7. The van der Waals surface area contributed by atoms with E-state index < -0.39 is 5.41 Å². The largest absolute Gasteiger partial charge is 0.508 e. The third-order valence-corrected chi connectivity index (χ3v) is 4.91. The Morgan fingerprint density at radius 2 is 1.90 bits per heavy atom. The molecule has 2 aromatic carbocycles. The fraction of sp³-hybridized carbons (Fsp3) is 0.333. The van der Waals surface area contributed by atoms with Gasteiger partial charge in [-0.05, 0) is 49.1 Å². The Morgan fingerprint density at radius 1 is 1.10 bits per heavy atom. The summed E-state index contributed by atoms with van der Waals surface area (Å²) in [5.41, 5.74) is 1.32. The summed E-state index contributed by atoms with van der Waals surface area (Å²) in [7, 11) is 0. The van der Waals surface area contributed by atoms with Gasteiger partial charge >= 0.3 is 0 Å². The number of hydrogen-bond donors (Lipinski definition) is 1. The van der Waals surface area contributed by atoms with E-state index in [0.29, 0.717) is 11.3 Å². The highest BCUT2D eigenvalue weighted by molar-refractivity contribution is 5.54. The molecule has 1 saturated carbocycles. The number of aromatic hydroxyl groups is 1. The van der Waals surface area contributed by atoms with Crippen LogP contribution in [-0.2, 0) is 5.41 Å². The molecule has 0 saturated heterocycles. The molecule has 1 aliphatic heterocycles. The SMILES string of the molecule is Oc1ccc(C23CCCCC2Oc2cccc(F)c23)cc1. The second-order valence-electron chi connectivity index (χ2n) is 5.98. The van der Waals surface area contributed by atoms with Crippen molar-refractivity contribution in [1.82, 2.24) is 0 Å². The van der Waals surface area contributed by atoms with Crippen molar-refractivity contribution < 1.29 is 14.2 Å². The van der Waals surface area contributed by atoms with E-state index in [9.17, 15) is 9.50 Å². The van der Waals surface area contributed by atoms with Crippen LogP contribution >= 0.6 is 0 Å². The van der Waals surface area contributed by atoms with Gasteiger partial charge < -0.3 is 9.84 Å². The molecule has 0 bridgehead atoms. The first kappa shape index (κ1) is 12.7. The maximum Gasteiger partial charge on any atom is 0.131 e. The summed E-state index contributed by atoms with van der Waals surface area (Å²) in [4.78, 5) is 0. The van der Waals surface area contributed by atoms with Crippen molar-refractivity contribution in [3.05, 3.63) is 59.4 Å². The molecule has 1 N–H and O–H groups in total. The van der Waals surface area contributed by atoms with Crippen LogP contribution in [0.3, 0.4) is 0 Å². The van der Waals surface area contributed by atoms with Crippen LogP contribution < -0.4 is 4.74 Å². The number of phenolic OH excluding ortho intramolecular Hbond substituents is 1. The van der Waals surface area contributed by atoms with E-state index in [1.54, 1.807) is 18.2 Å². The maximum atomic E-state index is 14.5. The van der Waals surface area contributed by atoms with E-state index in [0.717, 1.165) is 31.2 Å². The number of phenols is 1. The standard InChI is InChI=1S/C18H17FO2/c19-14-4-3-5-15-17(14)18(11-2-1-6-16(18)21-15)12-7-9-13(20)10-8-12/h3-5,7-10,16,20H,1-2,6,11H2. The van der Waals surface area contributed by atoms with Crippen molar-refractivity contribution in [2.45, 2.75) is 37.2 Å². The highest BCUT2D eigenvalue weighted by atomic mass is 19.1. The number of hydrogen-bond acceptors (Lipinski definition) is 2. The lowest BCUT2D eigenvalue weighted by molar-refractivity contribution is 0.122. The zero-order chi connectivity index (χ0) is 14.4. The number of rotatable bonds is 1. The summed E-state index contributed by atoms with van der Waals surface area (Å²) in [6, 6.07) is 12.2. The van der Waals surface area contributed by atoms with Crippen molar-refractivity contribution in [3.63, 3.8) is 0 Å². The van der Waals surface area contributed by atoms with Crippen molar-refractivity contribution in [1.29, 1.82) is 0 Å². The molecule has 2 aliphatic rings. The first-order chi connectivity index (χ1) is 10.2. The number of ether oxygens (including phenoxy) is 1. The zero-order valence-corrected chi connectivity index (χ0v) is 11.7. The van der Waals surface area contributed by atoms with Crippen LogP contribution in [0.4, 0.5) is 4.39 Å². The Kier molecular flexibility index (Phi) is 2.71. The molecule has 0 spiro atoms. The van der Waals surface area contributed by atoms with Crippen LogP contribution in [0.2, 0.25) is 0 Å². The summed E-state index contributed by atoms with van der Waals surface area (Å²) in [6.45, 7) is 0. The highest BCUT2D eigenvalue weighted by Crippen LogP contribution is 2.54. The molecule has 2 aromatic rings. The number of halogens is 1. The molecule has 2 nitrogen and oxygen atoms in total. The minimum atomic E-state index is -0.410. The second-order valence-corrected chi connectivity index (χ2v) is 5.98. The predicted molar refractivity (Wildman–Crippen MR) is 78.2 cm³/mol. The first-order valence-corrected chi connectivity index (χ1v) is 7.47. The van der Waals surface area contributed by atoms with Crippen LogP contribution in [0.5, 0.6) is 11.5 Å². The minimum absolute atomic E-state index is 0.0114. The lowest BCUT2D eigenvalue weighted by Crippen LogP contribution is -2.42. The lowest BCUT2D eigenvalue weighted by atomic mass is 9.64. The molecule has 1 aliphatic carbocycles. The number of fused-ring (bicyclic) bond motifs is 3. The van der Waals surface area contributed by atoms with Gasteiger partial charge in [0.05, 0.1) is 5.41 Å². The van der Waals surface area contributed by atoms with Gasteiger partial charge in [0.2, 0.25) is 0 Å². The summed E-state index contributed by atoms with van der Waals surface area (Å²) in [5, 5.41) is 9.54. The molecule has 21 heavy (non-hydrogen) atoms. The van der Waals surface area contributed by atoms with Gasteiger partial charge in [-0.25, -0.2) is 4.39 Å². The summed E-state index contributed by atoms with van der Waals surface area (Å²) in [6.07, 6.45) is 3.99. The van der Waals surface area contributed by atoms with E-state index in [2.05, 4.69) is 0 Å². The van der Waals surface area contributed by atoms with Crippen molar-refractivity contribution >= 4 is 0 Å². The molecule has 2 atom stereocenters. The average Bonchev–Trinajstić information content (AvgIpc) is 2.84. The molecule has 2 unspecified atom stereocenters. The molecule has 108 valence electrons. The van der Waals surface area contributed by atoms with Crippen LogP contribution in [0, 0.1) is 5.82 Å². The Morgan fingerprint density at radius 3 is 2.71 bits per heavy atom. The number of benzene rings is 2. The van der Waals surface area contributed by atoms with Gasteiger partial charge in [0.25, 0.3) is 0 Å². The third-order valence-electron chi connectivity index (χ3n) is 4.91. The summed E-state index contributed by atoms with van der Waals surface area (Å²) < 4.78 is 20.6. The Labute approximate surface area is 123 Å². The minimum Gasteiger partial charge on any atom is -0.508 e. The topological polar surface area (TPSA) is 29.5 Å². The fourth-order valence-electron chi connectivity index (χ4n) is 4.01. The molecule has 4 rings (SSSR count). The van der Waals surface area contributed by atoms with Crippen LogP contribution in [0.1, 0.15) is 36.8 Å². The monoisotopic (exact) mass is 284 g/mol. The van der Waals surface area contributed by atoms with Crippen LogP contribution in [-0.4, -0.2) is 11.2 Å². The predicted octanol–water partition coefficient (Wildman–Crippen LogP) is 4.15. The molecule has 1 heterocycles. The van der Waals surface area contributed by atoms with Gasteiger partial charge in [0.1, 0.15) is 23.4 Å².